The highest BCUT2D eigenvalue weighted by molar-refractivity contribution is 5.47. The maximum atomic E-state index is 13.0. The maximum Gasteiger partial charge on any atom is 0.417 e. The van der Waals surface area contributed by atoms with E-state index in [1.54, 1.807) is 6.07 Å². The molecule has 7 heteroatoms. The topological polar surface area (TPSA) is 54.5 Å². The van der Waals surface area contributed by atoms with E-state index in [0.29, 0.717) is 24.5 Å². The molecule has 1 heterocycles. The van der Waals surface area contributed by atoms with Crippen molar-refractivity contribution in [1.29, 1.82) is 5.26 Å². The van der Waals surface area contributed by atoms with Gasteiger partial charge in [0.15, 0.2) is 5.82 Å². The number of aryl methyl sites for hydroxylation is 2. The summed E-state index contributed by atoms with van der Waals surface area (Å²) in [5.41, 5.74) is -1.11. The standard InChI is InChI=1S/C14H13F3N4/c1-3-12-19-13(4-2)21(20-12)10-6-5-9(8-18)11(7-10)14(15,16)17/h5-7H,3-4H2,1-2H3. The summed E-state index contributed by atoms with van der Waals surface area (Å²) >= 11 is 0. The second-order valence-corrected chi connectivity index (χ2v) is 4.40. The van der Waals surface area contributed by atoms with Crippen LogP contribution in [0.4, 0.5) is 13.2 Å². The van der Waals surface area contributed by atoms with Crippen LogP contribution in [0.2, 0.25) is 0 Å². The first kappa shape index (κ1) is 15.0. The number of halogens is 3. The molecule has 0 saturated carbocycles. The summed E-state index contributed by atoms with van der Waals surface area (Å²) in [5, 5.41) is 13.0. The zero-order valence-electron chi connectivity index (χ0n) is 11.6. The van der Waals surface area contributed by atoms with Crippen molar-refractivity contribution in [3.63, 3.8) is 0 Å². The van der Waals surface area contributed by atoms with Crippen LogP contribution in [0.15, 0.2) is 18.2 Å². The molecule has 0 saturated heterocycles. The van der Waals surface area contributed by atoms with Crippen LogP contribution >= 0.6 is 0 Å². The average Bonchev–Trinajstić information content (AvgIpc) is 2.89. The molecule has 0 fully saturated rings. The molecule has 0 aliphatic heterocycles. The van der Waals surface area contributed by atoms with E-state index in [1.807, 2.05) is 13.8 Å². The largest absolute Gasteiger partial charge is 0.417 e. The Morgan fingerprint density at radius 1 is 1.24 bits per heavy atom. The summed E-state index contributed by atoms with van der Waals surface area (Å²) in [6.07, 6.45) is -3.43. The minimum atomic E-state index is -4.58. The third kappa shape index (κ3) is 2.89. The Balaban J connectivity index is 2.61. The number of hydrogen-bond donors (Lipinski definition) is 0. The van der Waals surface area contributed by atoms with E-state index in [-0.39, 0.29) is 5.69 Å². The lowest BCUT2D eigenvalue weighted by molar-refractivity contribution is -0.137. The molecule has 1 aromatic heterocycles. The molecule has 2 rings (SSSR count). The van der Waals surface area contributed by atoms with Crippen LogP contribution in [0, 0.1) is 11.3 Å². The highest BCUT2D eigenvalue weighted by Crippen LogP contribution is 2.33. The number of alkyl halides is 3. The highest BCUT2D eigenvalue weighted by Gasteiger charge is 2.34. The minimum absolute atomic E-state index is 0.255. The minimum Gasteiger partial charge on any atom is -0.218 e. The van der Waals surface area contributed by atoms with Gasteiger partial charge >= 0.3 is 6.18 Å². The molecule has 4 nitrogen and oxygen atoms in total. The molecule has 110 valence electrons. The molecule has 0 amide bonds. The van der Waals surface area contributed by atoms with Crippen molar-refractivity contribution in [2.24, 2.45) is 0 Å². The molecule has 0 unspecified atom stereocenters. The fourth-order valence-corrected chi connectivity index (χ4v) is 1.97. The van der Waals surface area contributed by atoms with Crippen molar-refractivity contribution in [3.05, 3.63) is 41.0 Å². The van der Waals surface area contributed by atoms with Gasteiger partial charge in [-0.25, -0.2) is 9.67 Å². The molecule has 0 spiro atoms. The second kappa shape index (κ2) is 5.56. The summed E-state index contributed by atoms with van der Waals surface area (Å²) in [4.78, 5) is 4.26. The van der Waals surface area contributed by atoms with E-state index < -0.39 is 17.3 Å². The first-order valence-corrected chi connectivity index (χ1v) is 6.47. The van der Waals surface area contributed by atoms with Crippen LogP contribution in [0.3, 0.4) is 0 Å². The molecule has 0 bridgehead atoms. The molecule has 0 N–H and O–H groups in total. The molecular weight excluding hydrogens is 281 g/mol. The molecule has 1 aromatic carbocycles. The third-order valence-corrected chi connectivity index (χ3v) is 3.02. The van der Waals surface area contributed by atoms with Gasteiger partial charge in [-0.2, -0.15) is 23.5 Å². The van der Waals surface area contributed by atoms with Crippen molar-refractivity contribution in [3.8, 4) is 11.8 Å². The van der Waals surface area contributed by atoms with Gasteiger partial charge in [0.25, 0.3) is 0 Å². The van der Waals surface area contributed by atoms with Gasteiger partial charge in [0.05, 0.1) is 22.9 Å². The fraction of sp³-hybridized carbons (Fsp3) is 0.357. The predicted octanol–water partition coefficient (Wildman–Crippen LogP) is 3.28. The van der Waals surface area contributed by atoms with Crippen LogP contribution in [-0.2, 0) is 19.0 Å². The Morgan fingerprint density at radius 2 is 1.95 bits per heavy atom. The number of hydrogen-bond acceptors (Lipinski definition) is 3. The summed E-state index contributed by atoms with van der Waals surface area (Å²) in [6.45, 7) is 3.73. The van der Waals surface area contributed by atoms with Crippen LogP contribution < -0.4 is 0 Å². The Bertz CT molecular complexity index is 695. The van der Waals surface area contributed by atoms with Crippen LogP contribution in [0.1, 0.15) is 36.6 Å². The maximum absolute atomic E-state index is 13.0. The van der Waals surface area contributed by atoms with E-state index in [9.17, 15) is 13.2 Å². The van der Waals surface area contributed by atoms with Crippen LogP contribution in [0.25, 0.3) is 5.69 Å². The molecular formula is C14H13F3N4. The first-order valence-electron chi connectivity index (χ1n) is 6.47. The average molecular weight is 294 g/mol. The van der Waals surface area contributed by atoms with E-state index in [2.05, 4.69) is 10.1 Å². The van der Waals surface area contributed by atoms with Gasteiger partial charge in [-0.15, -0.1) is 0 Å². The summed E-state index contributed by atoms with van der Waals surface area (Å²) < 4.78 is 40.4. The Hall–Kier alpha value is -2.36. The van der Waals surface area contributed by atoms with Gasteiger partial charge in [0.1, 0.15) is 5.82 Å². The van der Waals surface area contributed by atoms with Crippen LogP contribution in [0.5, 0.6) is 0 Å². The van der Waals surface area contributed by atoms with Gasteiger partial charge in [-0.05, 0) is 18.2 Å². The smallest absolute Gasteiger partial charge is 0.218 e. The molecule has 2 aromatic rings. The van der Waals surface area contributed by atoms with Gasteiger partial charge < -0.3 is 0 Å². The van der Waals surface area contributed by atoms with Crippen molar-refractivity contribution < 1.29 is 13.2 Å². The summed E-state index contributed by atoms with van der Waals surface area (Å²) in [5.74, 6) is 1.16. The van der Waals surface area contributed by atoms with E-state index >= 15 is 0 Å². The number of rotatable bonds is 3. The zero-order chi connectivity index (χ0) is 15.6. The quantitative estimate of drug-likeness (QED) is 0.873. The number of aromatic nitrogens is 3. The second-order valence-electron chi connectivity index (χ2n) is 4.40. The molecule has 0 atom stereocenters. The van der Waals surface area contributed by atoms with Crippen LogP contribution in [-0.4, -0.2) is 14.8 Å². The number of benzene rings is 1. The Morgan fingerprint density at radius 3 is 2.48 bits per heavy atom. The van der Waals surface area contributed by atoms with E-state index in [1.165, 1.54) is 10.7 Å². The predicted molar refractivity (Wildman–Crippen MR) is 69.8 cm³/mol. The number of nitrogens with zero attached hydrogens (tertiary/aromatic N) is 4. The molecule has 0 aliphatic rings. The van der Waals surface area contributed by atoms with Crippen molar-refractivity contribution >= 4 is 0 Å². The van der Waals surface area contributed by atoms with E-state index in [4.69, 9.17) is 5.26 Å². The van der Waals surface area contributed by atoms with Gasteiger partial charge in [0.2, 0.25) is 0 Å². The lowest BCUT2D eigenvalue weighted by Gasteiger charge is -2.11. The monoisotopic (exact) mass is 294 g/mol. The van der Waals surface area contributed by atoms with Crippen molar-refractivity contribution in [1.82, 2.24) is 14.8 Å². The van der Waals surface area contributed by atoms with Crippen molar-refractivity contribution in [2.45, 2.75) is 32.9 Å². The van der Waals surface area contributed by atoms with E-state index in [0.717, 1.165) is 12.1 Å². The first-order chi connectivity index (χ1) is 9.90. The summed E-state index contributed by atoms with van der Waals surface area (Å²) in [7, 11) is 0. The SMILES string of the molecule is CCc1nc(CC)n(-c2ccc(C#N)c(C(F)(F)F)c2)n1. The van der Waals surface area contributed by atoms with Gasteiger partial charge in [-0.3, -0.25) is 0 Å². The third-order valence-electron chi connectivity index (χ3n) is 3.02. The van der Waals surface area contributed by atoms with Gasteiger partial charge in [0, 0.05) is 12.8 Å². The highest BCUT2D eigenvalue weighted by atomic mass is 19.4. The molecule has 0 aliphatic carbocycles. The summed E-state index contributed by atoms with van der Waals surface area (Å²) in [6, 6.07) is 5.10. The van der Waals surface area contributed by atoms with Crippen molar-refractivity contribution in [2.75, 3.05) is 0 Å². The molecule has 21 heavy (non-hydrogen) atoms. The fourth-order valence-electron chi connectivity index (χ4n) is 1.97. The Kier molecular flexibility index (Phi) is 3.98. The normalized spacial score (nSPS) is 11.4. The molecule has 0 radical (unpaired) electrons. The Labute approximate surface area is 119 Å². The zero-order valence-corrected chi connectivity index (χ0v) is 11.6. The lowest BCUT2D eigenvalue weighted by atomic mass is 10.1. The number of nitriles is 1. The lowest BCUT2D eigenvalue weighted by Crippen LogP contribution is -2.10. The van der Waals surface area contributed by atoms with Gasteiger partial charge in [-0.1, -0.05) is 13.8 Å².